The highest BCUT2D eigenvalue weighted by Gasteiger charge is 2.32. The van der Waals surface area contributed by atoms with E-state index in [4.69, 9.17) is 10.5 Å². The minimum absolute atomic E-state index is 0. The van der Waals surface area contributed by atoms with Gasteiger partial charge < -0.3 is 15.8 Å². The quantitative estimate of drug-likeness (QED) is 0.801. The van der Waals surface area contributed by atoms with Crippen LogP contribution in [0.15, 0.2) is 24.3 Å². The number of hydrogen-bond acceptors (Lipinski definition) is 3. The van der Waals surface area contributed by atoms with Gasteiger partial charge in [-0.2, -0.15) is 0 Å². The topological polar surface area (TPSA) is 64.3 Å². The van der Waals surface area contributed by atoms with Crippen LogP contribution in [0, 0.1) is 5.41 Å². The van der Waals surface area contributed by atoms with E-state index >= 15 is 0 Å². The van der Waals surface area contributed by atoms with Gasteiger partial charge in [-0.3, -0.25) is 4.79 Å². The fraction of sp³-hybridized carbons (Fsp3) is 0.611. The number of benzene rings is 1. The molecule has 0 radical (unpaired) electrons. The second-order valence-electron chi connectivity index (χ2n) is 6.47. The van der Waals surface area contributed by atoms with Crippen molar-refractivity contribution in [2.45, 2.75) is 51.7 Å². The highest BCUT2D eigenvalue weighted by molar-refractivity contribution is 5.85. The number of ether oxygens (including phenoxy) is 1. The van der Waals surface area contributed by atoms with Gasteiger partial charge in [-0.15, -0.1) is 12.4 Å². The molecule has 0 unspecified atom stereocenters. The number of carbonyl (C=O) groups excluding carboxylic acids is 1. The van der Waals surface area contributed by atoms with Gasteiger partial charge in [0.25, 0.3) is 0 Å². The van der Waals surface area contributed by atoms with Crippen molar-refractivity contribution in [3.8, 4) is 0 Å². The highest BCUT2D eigenvalue weighted by Crippen LogP contribution is 2.38. The molecule has 1 saturated carbocycles. The largest absolute Gasteiger partial charge is 0.380 e. The minimum atomic E-state index is 0. The molecule has 1 aliphatic carbocycles. The van der Waals surface area contributed by atoms with Crippen LogP contribution in [0.25, 0.3) is 0 Å². The van der Waals surface area contributed by atoms with E-state index in [1.54, 1.807) is 7.11 Å². The van der Waals surface area contributed by atoms with Crippen molar-refractivity contribution in [1.82, 2.24) is 5.32 Å². The number of rotatable bonds is 7. The Morgan fingerprint density at radius 1 is 1.26 bits per heavy atom. The summed E-state index contributed by atoms with van der Waals surface area (Å²) < 4.78 is 5.14. The molecule has 2 rings (SSSR count). The maximum Gasteiger partial charge on any atom is 0.220 e. The van der Waals surface area contributed by atoms with Crippen LogP contribution in [0.3, 0.4) is 0 Å². The predicted molar refractivity (Wildman–Crippen MR) is 95.4 cm³/mol. The zero-order valence-corrected chi connectivity index (χ0v) is 14.8. The molecular weight excluding hydrogens is 312 g/mol. The number of methoxy groups -OCH3 is 1. The predicted octanol–water partition coefficient (Wildman–Crippen LogP) is 3.17. The Balaban J connectivity index is 0.00000264. The second-order valence-corrected chi connectivity index (χ2v) is 6.47. The van der Waals surface area contributed by atoms with Crippen LogP contribution in [-0.4, -0.2) is 19.6 Å². The van der Waals surface area contributed by atoms with E-state index in [0.29, 0.717) is 26.1 Å². The summed E-state index contributed by atoms with van der Waals surface area (Å²) in [6.07, 6.45) is 6.39. The summed E-state index contributed by atoms with van der Waals surface area (Å²) >= 11 is 0. The van der Waals surface area contributed by atoms with E-state index in [1.165, 1.54) is 19.3 Å². The third-order valence-electron chi connectivity index (χ3n) is 4.67. The van der Waals surface area contributed by atoms with Crippen molar-refractivity contribution in [3.05, 3.63) is 35.4 Å². The standard InChI is InChI=1S/C18H28N2O2.ClH/c1-22-13-16-7-5-6-15(10-16)12-20-17(21)11-18(14-19)8-3-2-4-9-18;/h5-7,10H,2-4,8-9,11-14,19H2,1H3,(H,20,21);1H. The molecule has 1 aliphatic rings. The molecule has 0 spiro atoms. The van der Waals surface area contributed by atoms with Crippen molar-refractivity contribution in [3.63, 3.8) is 0 Å². The molecule has 0 saturated heterocycles. The van der Waals surface area contributed by atoms with Crippen molar-refractivity contribution in [2.24, 2.45) is 11.1 Å². The van der Waals surface area contributed by atoms with Gasteiger partial charge in [-0.1, -0.05) is 43.5 Å². The van der Waals surface area contributed by atoms with Crippen LogP contribution in [0.5, 0.6) is 0 Å². The number of hydrogen-bond donors (Lipinski definition) is 2. The van der Waals surface area contributed by atoms with Gasteiger partial charge in [0.15, 0.2) is 0 Å². The summed E-state index contributed by atoms with van der Waals surface area (Å²) in [4.78, 5) is 12.3. The minimum Gasteiger partial charge on any atom is -0.380 e. The average Bonchev–Trinajstić information content (AvgIpc) is 2.54. The van der Waals surface area contributed by atoms with Crippen LogP contribution in [0.1, 0.15) is 49.7 Å². The lowest BCUT2D eigenvalue weighted by atomic mass is 9.71. The lowest BCUT2D eigenvalue weighted by Crippen LogP contribution is -2.38. The molecule has 0 bridgehead atoms. The summed E-state index contributed by atoms with van der Waals surface area (Å²) in [7, 11) is 1.69. The van der Waals surface area contributed by atoms with Crippen molar-refractivity contribution >= 4 is 18.3 Å². The number of halogens is 1. The van der Waals surface area contributed by atoms with E-state index in [1.807, 2.05) is 18.2 Å². The SMILES string of the molecule is COCc1cccc(CNC(=O)CC2(CN)CCCCC2)c1.Cl. The lowest BCUT2D eigenvalue weighted by molar-refractivity contribution is -0.124. The maximum atomic E-state index is 12.3. The number of amides is 1. The third-order valence-corrected chi connectivity index (χ3v) is 4.67. The molecule has 3 N–H and O–H groups in total. The van der Waals surface area contributed by atoms with E-state index in [-0.39, 0.29) is 23.7 Å². The summed E-state index contributed by atoms with van der Waals surface area (Å²) in [5.41, 5.74) is 8.21. The smallest absolute Gasteiger partial charge is 0.220 e. The Hall–Kier alpha value is -1.10. The zero-order valence-electron chi connectivity index (χ0n) is 14.0. The van der Waals surface area contributed by atoms with E-state index in [9.17, 15) is 4.79 Å². The Bertz CT molecular complexity index is 488. The van der Waals surface area contributed by atoms with Gasteiger partial charge in [-0.25, -0.2) is 0 Å². The molecule has 4 nitrogen and oxygen atoms in total. The molecule has 0 atom stereocenters. The summed E-state index contributed by atoms with van der Waals surface area (Å²) in [5, 5.41) is 3.04. The maximum absolute atomic E-state index is 12.3. The molecule has 1 aromatic rings. The molecule has 1 amide bonds. The first-order valence-electron chi connectivity index (χ1n) is 8.21. The summed E-state index contributed by atoms with van der Waals surface area (Å²) in [6, 6.07) is 8.13. The Morgan fingerprint density at radius 2 is 1.96 bits per heavy atom. The fourth-order valence-corrected chi connectivity index (χ4v) is 3.35. The molecular formula is C18H29ClN2O2. The molecule has 5 heteroatoms. The van der Waals surface area contributed by atoms with Crippen LogP contribution in [0.2, 0.25) is 0 Å². The molecule has 1 fully saturated rings. The number of nitrogens with two attached hydrogens (primary N) is 1. The molecule has 0 aromatic heterocycles. The normalized spacial score (nSPS) is 16.4. The van der Waals surface area contributed by atoms with E-state index in [2.05, 4.69) is 11.4 Å². The van der Waals surface area contributed by atoms with Crippen LogP contribution < -0.4 is 11.1 Å². The van der Waals surface area contributed by atoms with Gasteiger partial charge in [0, 0.05) is 20.1 Å². The zero-order chi connectivity index (χ0) is 15.8. The van der Waals surface area contributed by atoms with Crippen molar-refractivity contribution < 1.29 is 9.53 Å². The van der Waals surface area contributed by atoms with Crippen molar-refractivity contribution in [2.75, 3.05) is 13.7 Å². The second kappa shape index (κ2) is 9.91. The number of carbonyl (C=O) groups is 1. The highest BCUT2D eigenvalue weighted by atomic mass is 35.5. The molecule has 1 aromatic carbocycles. The first-order valence-corrected chi connectivity index (χ1v) is 8.21. The van der Waals surface area contributed by atoms with Gasteiger partial charge in [-0.05, 0) is 35.9 Å². The molecule has 23 heavy (non-hydrogen) atoms. The first kappa shape index (κ1) is 19.9. The molecule has 130 valence electrons. The monoisotopic (exact) mass is 340 g/mol. The van der Waals surface area contributed by atoms with Crippen LogP contribution in [0.4, 0.5) is 0 Å². The lowest BCUT2D eigenvalue weighted by Gasteiger charge is -2.35. The molecule has 0 aliphatic heterocycles. The van der Waals surface area contributed by atoms with Gasteiger partial charge in [0.1, 0.15) is 0 Å². The Kier molecular flexibility index (Phi) is 8.59. The Labute approximate surface area is 145 Å². The molecule has 0 heterocycles. The van der Waals surface area contributed by atoms with E-state index in [0.717, 1.165) is 24.0 Å². The van der Waals surface area contributed by atoms with Crippen LogP contribution in [-0.2, 0) is 22.7 Å². The van der Waals surface area contributed by atoms with Gasteiger partial charge >= 0.3 is 0 Å². The Morgan fingerprint density at radius 3 is 2.61 bits per heavy atom. The third kappa shape index (κ3) is 6.13. The summed E-state index contributed by atoms with van der Waals surface area (Å²) in [5.74, 6) is 0.115. The van der Waals surface area contributed by atoms with Gasteiger partial charge in [0.2, 0.25) is 5.91 Å². The van der Waals surface area contributed by atoms with Crippen molar-refractivity contribution in [1.29, 1.82) is 0 Å². The van der Waals surface area contributed by atoms with Crippen LogP contribution >= 0.6 is 12.4 Å². The first-order chi connectivity index (χ1) is 10.7. The fourth-order valence-electron chi connectivity index (χ4n) is 3.35. The number of nitrogens with one attached hydrogen (secondary N) is 1. The average molecular weight is 341 g/mol. The summed E-state index contributed by atoms with van der Waals surface area (Å²) in [6.45, 7) is 1.78. The van der Waals surface area contributed by atoms with E-state index < -0.39 is 0 Å². The van der Waals surface area contributed by atoms with Gasteiger partial charge in [0.05, 0.1) is 6.61 Å².